The number of nitrogens with one attached hydrogen (secondary N) is 2. The van der Waals surface area contributed by atoms with Gasteiger partial charge in [-0.1, -0.05) is 11.6 Å². The van der Waals surface area contributed by atoms with Gasteiger partial charge < -0.3 is 20.5 Å². The zero-order chi connectivity index (χ0) is 12.6. The van der Waals surface area contributed by atoms with Gasteiger partial charge in [0.2, 0.25) is 0 Å². The van der Waals surface area contributed by atoms with Gasteiger partial charge in [-0.25, -0.2) is 9.59 Å². The highest BCUT2D eigenvalue weighted by Crippen LogP contribution is 1.87. The zero-order valence-corrected chi connectivity index (χ0v) is 9.74. The molecule has 6 heteroatoms. The molecule has 0 fully saturated rings. The SMILES string of the molecule is COCC(NC(=O)NCC=C(C)C)C(=O)O. The summed E-state index contributed by atoms with van der Waals surface area (Å²) in [5.41, 5.74) is 1.08. The lowest BCUT2D eigenvalue weighted by Gasteiger charge is -2.13. The van der Waals surface area contributed by atoms with E-state index in [0.717, 1.165) is 5.57 Å². The summed E-state index contributed by atoms with van der Waals surface area (Å²) in [6.45, 7) is 4.12. The van der Waals surface area contributed by atoms with Crippen molar-refractivity contribution in [3.63, 3.8) is 0 Å². The molecule has 0 aromatic carbocycles. The number of ether oxygens (including phenoxy) is 1. The van der Waals surface area contributed by atoms with Crippen LogP contribution in [-0.4, -0.2) is 43.4 Å². The van der Waals surface area contributed by atoms with Crippen molar-refractivity contribution < 1.29 is 19.4 Å². The normalized spacial score (nSPS) is 11.4. The quantitative estimate of drug-likeness (QED) is 0.574. The summed E-state index contributed by atoms with van der Waals surface area (Å²) < 4.78 is 4.67. The average Bonchev–Trinajstić information content (AvgIpc) is 2.16. The van der Waals surface area contributed by atoms with Gasteiger partial charge in [-0.05, 0) is 13.8 Å². The first-order valence-electron chi connectivity index (χ1n) is 4.86. The zero-order valence-electron chi connectivity index (χ0n) is 9.74. The van der Waals surface area contributed by atoms with E-state index in [2.05, 4.69) is 15.4 Å². The van der Waals surface area contributed by atoms with Gasteiger partial charge in [0.25, 0.3) is 0 Å². The molecular weight excluding hydrogens is 212 g/mol. The van der Waals surface area contributed by atoms with Crippen LogP contribution in [0, 0.1) is 0 Å². The van der Waals surface area contributed by atoms with Crippen molar-refractivity contribution in [2.24, 2.45) is 0 Å². The molecular formula is C10H18N2O4. The first kappa shape index (κ1) is 14.4. The van der Waals surface area contributed by atoms with Crippen LogP contribution in [0.25, 0.3) is 0 Å². The Morgan fingerprint density at radius 2 is 2.06 bits per heavy atom. The second kappa shape index (κ2) is 7.70. The maximum atomic E-state index is 11.2. The van der Waals surface area contributed by atoms with E-state index in [9.17, 15) is 9.59 Å². The number of carbonyl (C=O) groups is 2. The standard InChI is InChI=1S/C10H18N2O4/c1-7(2)4-5-11-10(15)12-8(6-16-3)9(13)14/h4,8H,5-6H2,1-3H3,(H,13,14)(H2,11,12,15). The molecule has 0 aromatic rings. The first-order chi connectivity index (χ1) is 7.47. The third-order valence-electron chi connectivity index (χ3n) is 1.71. The van der Waals surface area contributed by atoms with Gasteiger partial charge in [-0.2, -0.15) is 0 Å². The van der Waals surface area contributed by atoms with Gasteiger partial charge in [0.15, 0.2) is 6.04 Å². The molecule has 0 saturated heterocycles. The maximum absolute atomic E-state index is 11.2. The molecule has 0 aliphatic carbocycles. The van der Waals surface area contributed by atoms with Crippen LogP contribution >= 0.6 is 0 Å². The topological polar surface area (TPSA) is 87.7 Å². The van der Waals surface area contributed by atoms with Crippen molar-refractivity contribution in [2.45, 2.75) is 19.9 Å². The molecule has 92 valence electrons. The van der Waals surface area contributed by atoms with Gasteiger partial charge in [0.05, 0.1) is 6.61 Å². The molecule has 1 unspecified atom stereocenters. The van der Waals surface area contributed by atoms with E-state index in [1.165, 1.54) is 7.11 Å². The first-order valence-corrected chi connectivity index (χ1v) is 4.86. The van der Waals surface area contributed by atoms with Gasteiger partial charge in [0.1, 0.15) is 0 Å². The number of rotatable bonds is 6. The number of allylic oxidation sites excluding steroid dienone is 1. The predicted molar refractivity (Wildman–Crippen MR) is 59.3 cm³/mol. The molecule has 0 saturated carbocycles. The number of hydrogen-bond acceptors (Lipinski definition) is 3. The summed E-state index contributed by atoms with van der Waals surface area (Å²) in [6.07, 6.45) is 1.83. The minimum atomic E-state index is -1.13. The number of carboxylic acids is 1. The third kappa shape index (κ3) is 6.83. The fourth-order valence-corrected chi connectivity index (χ4v) is 0.898. The summed E-state index contributed by atoms with van der Waals surface area (Å²) in [4.78, 5) is 21.9. The lowest BCUT2D eigenvalue weighted by Crippen LogP contribution is -2.48. The van der Waals surface area contributed by atoms with Gasteiger partial charge in [-0.3, -0.25) is 0 Å². The second-order valence-corrected chi connectivity index (χ2v) is 3.48. The Morgan fingerprint density at radius 3 is 2.50 bits per heavy atom. The molecule has 3 N–H and O–H groups in total. The molecule has 0 aliphatic heterocycles. The highest BCUT2D eigenvalue weighted by atomic mass is 16.5. The van der Waals surface area contributed by atoms with Crippen LogP contribution in [0.5, 0.6) is 0 Å². The van der Waals surface area contributed by atoms with Crippen molar-refractivity contribution in [1.29, 1.82) is 0 Å². The Hall–Kier alpha value is -1.56. The lowest BCUT2D eigenvalue weighted by molar-refractivity contribution is -0.140. The number of amides is 2. The highest BCUT2D eigenvalue weighted by Gasteiger charge is 2.18. The highest BCUT2D eigenvalue weighted by molar-refractivity contribution is 5.82. The average molecular weight is 230 g/mol. The molecule has 0 aromatic heterocycles. The van der Waals surface area contributed by atoms with Crippen LogP contribution in [0.1, 0.15) is 13.8 Å². The van der Waals surface area contributed by atoms with E-state index >= 15 is 0 Å². The largest absolute Gasteiger partial charge is 0.480 e. The Bertz CT molecular complexity index is 272. The molecule has 16 heavy (non-hydrogen) atoms. The Labute approximate surface area is 94.7 Å². The molecule has 0 spiro atoms. The van der Waals surface area contributed by atoms with Crippen LogP contribution in [0.3, 0.4) is 0 Å². The van der Waals surface area contributed by atoms with E-state index in [1.807, 2.05) is 19.9 Å². The van der Waals surface area contributed by atoms with Crippen molar-refractivity contribution in [3.8, 4) is 0 Å². The molecule has 2 amide bonds. The fraction of sp³-hybridized carbons (Fsp3) is 0.600. The summed E-state index contributed by atoms with van der Waals surface area (Å²) in [5.74, 6) is -1.13. The molecule has 6 nitrogen and oxygen atoms in total. The molecule has 0 heterocycles. The second-order valence-electron chi connectivity index (χ2n) is 3.48. The van der Waals surface area contributed by atoms with Crippen LogP contribution in [0.4, 0.5) is 4.79 Å². The van der Waals surface area contributed by atoms with E-state index in [4.69, 9.17) is 5.11 Å². The van der Waals surface area contributed by atoms with Crippen molar-refractivity contribution >= 4 is 12.0 Å². The number of urea groups is 1. The van der Waals surface area contributed by atoms with Crippen LogP contribution < -0.4 is 10.6 Å². The Kier molecular flexibility index (Phi) is 6.95. The molecule has 0 rings (SSSR count). The number of carboxylic acid groups (broad SMARTS) is 1. The van der Waals surface area contributed by atoms with E-state index in [0.29, 0.717) is 6.54 Å². The number of hydrogen-bond donors (Lipinski definition) is 3. The summed E-state index contributed by atoms with van der Waals surface area (Å²) in [7, 11) is 1.37. The van der Waals surface area contributed by atoms with E-state index in [1.54, 1.807) is 0 Å². The molecule has 0 aliphatic rings. The fourth-order valence-electron chi connectivity index (χ4n) is 0.898. The molecule has 0 radical (unpaired) electrons. The summed E-state index contributed by atoms with van der Waals surface area (Å²) in [5, 5.41) is 13.5. The van der Waals surface area contributed by atoms with Crippen LogP contribution in [-0.2, 0) is 9.53 Å². The summed E-state index contributed by atoms with van der Waals surface area (Å²) >= 11 is 0. The minimum Gasteiger partial charge on any atom is -0.480 e. The van der Waals surface area contributed by atoms with Crippen molar-refractivity contribution in [2.75, 3.05) is 20.3 Å². The lowest BCUT2D eigenvalue weighted by atomic mass is 10.3. The predicted octanol–water partition coefficient (Wildman–Crippen LogP) is 0.351. The Balaban J connectivity index is 4.00. The van der Waals surface area contributed by atoms with Gasteiger partial charge in [-0.15, -0.1) is 0 Å². The number of aliphatic carboxylic acids is 1. The van der Waals surface area contributed by atoms with Gasteiger partial charge in [0, 0.05) is 13.7 Å². The molecule has 0 bridgehead atoms. The van der Waals surface area contributed by atoms with Crippen LogP contribution in [0.2, 0.25) is 0 Å². The monoisotopic (exact) mass is 230 g/mol. The van der Waals surface area contributed by atoms with Crippen molar-refractivity contribution in [1.82, 2.24) is 10.6 Å². The number of methoxy groups -OCH3 is 1. The van der Waals surface area contributed by atoms with Gasteiger partial charge >= 0.3 is 12.0 Å². The van der Waals surface area contributed by atoms with E-state index in [-0.39, 0.29) is 6.61 Å². The van der Waals surface area contributed by atoms with Crippen molar-refractivity contribution in [3.05, 3.63) is 11.6 Å². The molecule has 1 atom stereocenters. The summed E-state index contributed by atoms with van der Waals surface area (Å²) in [6, 6.07) is -1.56. The van der Waals surface area contributed by atoms with Crippen LogP contribution in [0.15, 0.2) is 11.6 Å². The van der Waals surface area contributed by atoms with E-state index < -0.39 is 18.0 Å². The third-order valence-corrected chi connectivity index (χ3v) is 1.71. The number of carbonyl (C=O) groups excluding carboxylic acids is 1. The smallest absolute Gasteiger partial charge is 0.328 e. The Morgan fingerprint density at radius 1 is 1.44 bits per heavy atom. The minimum absolute atomic E-state index is 0.0641. The maximum Gasteiger partial charge on any atom is 0.328 e.